The van der Waals surface area contributed by atoms with Crippen molar-refractivity contribution in [3.63, 3.8) is 0 Å². The summed E-state index contributed by atoms with van der Waals surface area (Å²) >= 11 is 0. The third kappa shape index (κ3) is 1.91. The van der Waals surface area contributed by atoms with Gasteiger partial charge in [0.15, 0.2) is 0 Å². The number of aromatic nitrogens is 2. The van der Waals surface area contributed by atoms with E-state index in [0.29, 0.717) is 12.0 Å². The van der Waals surface area contributed by atoms with Crippen LogP contribution in [-0.2, 0) is 0 Å². The molecule has 0 aliphatic heterocycles. The van der Waals surface area contributed by atoms with E-state index in [2.05, 4.69) is 22.9 Å². The minimum absolute atomic E-state index is 0.553. The Bertz CT molecular complexity index is 275. The predicted octanol–water partition coefficient (Wildman–Crippen LogP) is 1.67. The van der Waals surface area contributed by atoms with Crippen LogP contribution in [0.3, 0.4) is 0 Å². The van der Waals surface area contributed by atoms with E-state index in [9.17, 15) is 0 Å². The van der Waals surface area contributed by atoms with Crippen LogP contribution in [0.1, 0.15) is 43.7 Å². The van der Waals surface area contributed by atoms with Gasteiger partial charge in [0.1, 0.15) is 0 Å². The summed E-state index contributed by atoms with van der Waals surface area (Å²) in [6.07, 6.45) is 7.81. The average molecular weight is 179 g/mol. The van der Waals surface area contributed by atoms with Crippen molar-refractivity contribution in [2.24, 2.45) is 5.73 Å². The highest BCUT2D eigenvalue weighted by Crippen LogP contribution is 2.34. The second kappa shape index (κ2) is 3.50. The second-order valence-corrected chi connectivity index (χ2v) is 3.96. The van der Waals surface area contributed by atoms with Gasteiger partial charge in [-0.05, 0) is 37.3 Å². The Kier molecular flexibility index (Phi) is 2.36. The van der Waals surface area contributed by atoms with E-state index in [1.165, 1.54) is 18.4 Å². The Morgan fingerprint density at radius 3 is 3.08 bits per heavy atom. The summed E-state index contributed by atoms with van der Waals surface area (Å²) in [6.45, 7) is 2.97. The Morgan fingerprint density at radius 1 is 1.69 bits per heavy atom. The highest BCUT2D eigenvalue weighted by molar-refractivity contribution is 5.11. The monoisotopic (exact) mass is 179 g/mol. The molecule has 0 saturated heterocycles. The fourth-order valence-corrected chi connectivity index (χ4v) is 1.56. The minimum atomic E-state index is 0.553. The molecule has 1 aliphatic rings. The third-order valence-electron chi connectivity index (χ3n) is 2.71. The third-order valence-corrected chi connectivity index (χ3v) is 2.71. The van der Waals surface area contributed by atoms with Crippen LogP contribution in [0.15, 0.2) is 12.4 Å². The van der Waals surface area contributed by atoms with E-state index in [1.807, 2.05) is 6.20 Å². The van der Waals surface area contributed by atoms with Crippen LogP contribution in [-0.4, -0.2) is 16.3 Å². The van der Waals surface area contributed by atoms with E-state index in [-0.39, 0.29) is 0 Å². The van der Waals surface area contributed by atoms with Crippen molar-refractivity contribution >= 4 is 0 Å². The number of hydrogen-bond donors (Lipinski definition) is 1. The number of nitrogens with two attached hydrogens (primary N) is 1. The molecular formula is C10H17N3. The van der Waals surface area contributed by atoms with Gasteiger partial charge in [-0.3, -0.25) is 4.68 Å². The van der Waals surface area contributed by atoms with Crippen LogP contribution >= 0.6 is 0 Å². The molecule has 1 unspecified atom stereocenters. The highest BCUT2D eigenvalue weighted by atomic mass is 15.3. The largest absolute Gasteiger partial charge is 0.330 e. The zero-order chi connectivity index (χ0) is 9.26. The zero-order valence-electron chi connectivity index (χ0n) is 8.11. The van der Waals surface area contributed by atoms with Gasteiger partial charge in [-0.2, -0.15) is 5.10 Å². The SMILES string of the molecule is CC(CCN)c1cnn(C2CC2)c1. The molecule has 0 amide bonds. The highest BCUT2D eigenvalue weighted by Gasteiger charge is 2.24. The maximum Gasteiger partial charge on any atom is 0.0524 e. The fourth-order valence-electron chi connectivity index (χ4n) is 1.56. The second-order valence-electron chi connectivity index (χ2n) is 3.96. The van der Waals surface area contributed by atoms with Crippen molar-refractivity contribution in [3.05, 3.63) is 18.0 Å². The van der Waals surface area contributed by atoms with Gasteiger partial charge in [0.25, 0.3) is 0 Å². The van der Waals surface area contributed by atoms with Crippen LogP contribution in [0.4, 0.5) is 0 Å². The van der Waals surface area contributed by atoms with Crippen molar-refractivity contribution in [1.29, 1.82) is 0 Å². The Hall–Kier alpha value is -0.830. The smallest absolute Gasteiger partial charge is 0.0524 e. The quantitative estimate of drug-likeness (QED) is 0.764. The molecule has 2 rings (SSSR count). The molecule has 0 spiro atoms. The molecule has 3 heteroatoms. The van der Waals surface area contributed by atoms with Gasteiger partial charge < -0.3 is 5.73 Å². The van der Waals surface area contributed by atoms with E-state index in [4.69, 9.17) is 5.73 Å². The lowest BCUT2D eigenvalue weighted by Gasteiger charge is -2.05. The van der Waals surface area contributed by atoms with E-state index in [0.717, 1.165) is 13.0 Å². The van der Waals surface area contributed by atoms with Gasteiger partial charge >= 0.3 is 0 Å². The lowest BCUT2D eigenvalue weighted by Crippen LogP contribution is -2.03. The van der Waals surface area contributed by atoms with E-state index in [1.54, 1.807) is 0 Å². The van der Waals surface area contributed by atoms with Crippen molar-refractivity contribution in [1.82, 2.24) is 9.78 Å². The maximum absolute atomic E-state index is 5.52. The molecule has 13 heavy (non-hydrogen) atoms. The number of nitrogens with zero attached hydrogens (tertiary/aromatic N) is 2. The lowest BCUT2D eigenvalue weighted by molar-refractivity contribution is 0.637. The lowest BCUT2D eigenvalue weighted by atomic mass is 10.0. The summed E-state index contributed by atoms with van der Waals surface area (Å²) in [7, 11) is 0. The Labute approximate surface area is 78.9 Å². The standard InChI is InChI=1S/C10H17N3/c1-8(4-5-11)9-6-12-13(7-9)10-2-3-10/h6-8,10H,2-5,11H2,1H3. The fraction of sp³-hybridized carbons (Fsp3) is 0.700. The molecule has 3 nitrogen and oxygen atoms in total. The van der Waals surface area contributed by atoms with Gasteiger partial charge in [0.2, 0.25) is 0 Å². The molecule has 1 atom stereocenters. The molecule has 1 aromatic heterocycles. The summed E-state index contributed by atoms with van der Waals surface area (Å²) < 4.78 is 2.10. The van der Waals surface area contributed by atoms with Crippen LogP contribution in [0.25, 0.3) is 0 Å². The molecule has 1 aromatic rings. The Balaban J connectivity index is 2.03. The summed E-state index contributed by atoms with van der Waals surface area (Å²) in [4.78, 5) is 0. The average Bonchev–Trinajstić information content (AvgIpc) is 2.84. The first-order valence-corrected chi connectivity index (χ1v) is 5.05. The molecule has 1 fully saturated rings. The maximum atomic E-state index is 5.52. The molecule has 0 radical (unpaired) electrons. The zero-order valence-corrected chi connectivity index (χ0v) is 8.11. The molecule has 1 heterocycles. The minimum Gasteiger partial charge on any atom is -0.330 e. The molecule has 0 bridgehead atoms. The van der Waals surface area contributed by atoms with Gasteiger partial charge in [-0.15, -0.1) is 0 Å². The van der Waals surface area contributed by atoms with Crippen molar-refractivity contribution in [2.45, 2.75) is 38.1 Å². The van der Waals surface area contributed by atoms with Crippen LogP contribution in [0, 0.1) is 0 Å². The first kappa shape index (κ1) is 8.75. The molecule has 0 aromatic carbocycles. The summed E-state index contributed by atoms with van der Waals surface area (Å²) in [5.74, 6) is 0.553. The Morgan fingerprint density at radius 2 is 2.46 bits per heavy atom. The summed E-state index contributed by atoms with van der Waals surface area (Å²) in [6, 6.07) is 0.693. The van der Waals surface area contributed by atoms with Crippen molar-refractivity contribution < 1.29 is 0 Å². The van der Waals surface area contributed by atoms with Gasteiger partial charge in [0.05, 0.1) is 12.2 Å². The van der Waals surface area contributed by atoms with Crippen LogP contribution < -0.4 is 5.73 Å². The normalized spacial score (nSPS) is 18.9. The van der Waals surface area contributed by atoms with Crippen molar-refractivity contribution in [2.75, 3.05) is 6.54 Å². The summed E-state index contributed by atoms with van der Waals surface area (Å²) in [5.41, 5.74) is 6.85. The van der Waals surface area contributed by atoms with Gasteiger partial charge in [-0.25, -0.2) is 0 Å². The van der Waals surface area contributed by atoms with Gasteiger partial charge in [0, 0.05) is 6.20 Å². The van der Waals surface area contributed by atoms with Gasteiger partial charge in [-0.1, -0.05) is 6.92 Å². The molecular weight excluding hydrogens is 162 g/mol. The van der Waals surface area contributed by atoms with Crippen LogP contribution in [0.5, 0.6) is 0 Å². The summed E-state index contributed by atoms with van der Waals surface area (Å²) in [5, 5.41) is 4.36. The van der Waals surface area contributed by atoms with E-state index < -0.39 is 0 Å². The number of hydrogen-bond acceptors (Lipinski definition) is 2. The molecule has 1 aliphatic carbocycles. The molecule has 2 N–H and O–H groups in total. The molecule has 72 valence electrons. The number of rotatable bonds is 4. The van der Waals surface area contributed by atoms with Crippen molar-refractivity contribution in [3.8, 4) is 0 Å². The topological polar surface area (TPSA) is 43.8 Å². The molecule has 1 saturated carbocycles. The van der Waals surface area contributed by atoms with Crippen LogP contribution in [0.2, 0.25) is 0 Å². The first-order valence-electron chi connectivity index (χ1n) is 5.05. The first-order chi connectivity index (χ1) is 6.31. The van der Waals surface area contributed by atoms with E-state index >= 15 is 0 Å². The predicted molar refractivity (Wildman–Crippen MR) is 52.6 cm³/mol.